The molecule has 0 atom stereocenters. The van der Waals surface area contributed by atoms with Crippen LogP contribution in [0, 0.1) is 5.92 Å². The van der Waals surface area contributed by atoms with Gasteiger partial charge in [0, 0.05) is 6.42 Å². The van der Waals surface area contributed by atoms with Crippen LogP contribution in [-0.2, 0) is 4.79 Å². The average molecular weight is 150 g/mol. The minimum atomic E-state index is 0.365. The Kier molecular flexibility index (Phi) is 1.80. The van der Waals surface area contributed by atoms with Gasteiger partial charge in [-0.2, -0.15) is 0 Å². The summed E-state index contributed by atoms with van der Waals surface area (Å²) in [6.07, 6.45) is 8.90. The van der Waals surface area contributed by atoms with Gasteiger partial charge in [-0.3, -0.25) is 4.79 Å². The summed E-state index contributed by atoms with van der Waals surface area (Å²) in [5, 5.41) is 0. The second-order valence-corrected chi connectivity index (χ2v) is 3.67. The molecule has 0 aliphatic heterocycles. The van der Waals surface area contributed by atoms with Crippen LogP contribution in [0.5, 0.6) is 0 Å². The predicted molar refractivity (Wildman–Crippen MR) is 44.3 cm³/mol. The molecule has 0 aromatic rings. The lowest BCUT2D eigenvalue weighted by molar-refractivity contribution is -0.114. The molecule has 0 radical (unpaired) electrons. The third-order valence-corrected chi connectivity index (χ3v) is 2.59. The first kappa shape index (κ1) is 7.08. The smallest absolute Gasteiger partial charge is 0.155 e. The van der Waals surface area contributed by atoms with E-state index in [1.807, 2.05) is 6.08 Å². The largest absolute Gasteiger partial charge is 0.295 e. The maximum Gasteiger partial charge on any atom is 0.155 e. The second-order valence-electron chi connectivity index (χ2n) is 3.67. The van der Waals surface area contributed by atoms with Gasteiger partial charge in [0.15, 0.2) is 5.78 Å². The number of carbonyl (C=O) groups is 1. The molecule has 0 amide bonds. The third-order valence-electron chi connectivity index (χ3n) is 2.59. The van der Waals surface area contributed by atoms with Crippen LogP contribution in [0.15, 0.2) is 11.6 Å². The summed E-state index contributed by atoms with van der Waals surface area (Å²) >= 11 is 0. The summed E-state index contributed by atoms with van der Waals surface area (Å²) < 4.78 is 0. The zero-order chi connectivity index (χ0) is 7.68. The van der Waals surface area contributed by atoms with Gasteiger partial charge >= 0.3 is 0 Å². The van der Waals surface area contributed by atoms with Crippen molar-refractivity contribution in [1.82, 2.24) is 0 Å². The molecule has 2 aliphatic carbocycles. The van der Waals surface area contributed by atoms with Crippen LogP contribution in [-0.4, -0.2) is 5.78 Å². The van der Waals surface area contributed by atoms with E-state index in [9.17, 15) is 4.79 Å². The van der Waals surface area contributed by atoms with Crippen molar-refractivity contribution in [1.29, 1.82) is 0 Å². The molecule has 0 saturated heterocycles. The van der Waals surface area contributed by atoms with Crippen LogP contribution in [0.3, 0.4) is 0 Å². The van der Waals surface area contributed by atoms with E-state index in [1.165, 1.54) is 31.3 Å². The molecule has 0 bridgehead atoms. The summed E-state index contributed by atoms with van der Waals surface area (Å²) in [7, 11) is 0. The molecule has 1 nitrogen and oxygen atoms in total. The standard InChI is InChI=1S/C10H14O/c11-10-4-2-1-3-9(7-10)8-5-6-8/h7-8H,1-6H2. The van der Waals surface area contributed by atoms with E-state index in [0.717, 1.165) is 18.8 Å². The first-order chi connectivity index (χ1) is 5.36. The van der Waals surface area contributed by atoms with Crippen LogP contribution in [0.2, 0.25) is 0 Å². The van der Waals surface area contributed by atoms with Gasteiger partial charge < -0.3 is 0 Å². The molecule has 2 rings (SSSR count). The van der Waals surface area contributed by atoms with E-state index in [0.29, 0.717) is 5.78 Å². The fourth-order valence-electron chi connectivity index (χ4n) is 1.76. The first-order valence-corrected chi connectivity index (χ1v) is 4.59. The van der Waals surface area contributed by atoms with Crippen LogP contribution in [0.4, 0.5) is 0 Å². The Morgan fingerprint density at radius 3 is 2.64 bits per heavy atom. The Morgan fingerprint density at radius 2 is 1.91 bits per heavy atom. The molecule has 1 saturated carbocycles. The van der Waals surface area contributed by atoms with E-state index in [-0.39, 0.29) is 0 Å². The van der Waals surface area contributed by atoms with E-state index in [4.69, 9.17) is 0 Å². The monoisotopic (exact) mass is 150 g/mol. The van der Waals surface area contributed by atoms with Crippen molar-refractivity contribution in [3.05, 3.63) is 11.6 Å². The maximum atomic E-state index is 11.1. The highest BCUT2D eigenvalue weighted by molar-refractivity contribution is 5.90. The summed E-state index contributed by atoms with van der Waals surface area (Å²) in [5.74, 6) is 1.17. The molecule has 0 aromatic carbocycles. The highest BCUT2D eigenvalue weighted by Crippen LogP contribution is 2.39. The minimum absolute atomic E-state index is 0.365. The highest BCUT2D eigenvalue weighted by atomic mass is 16.1. The van der Waals surface area contributed by atoms with Crippen molar-refractivity contribution >= 4 is 5.78 Å². The quantitative estimate of drug-likeness (QED) is 0.561. The SMILES string of the molecule is O=C1C=C(C2CC2)CCCC1. The van der Waals surface area contributed by atoms with E-state index in [1.54, 1.807) is 0 Å². The second kappa shape index (κ2) is 2.80. The van der Waals surface area contributed by atoms with Crippen molar-refractivity contribution in [3.8, 4) is 0 Å². The van der Waals surface area contributed by atoms with E-state index < -0.39 is 0 Å². The van der Waals surface area contributed by atoms with Crippen molar-refractivity contribution in [2.45, 2.75) is 38.5 Å². The first-order valence-electron chi connectivity index (χ1n) is 4.59. The van der Waals surface area contributed by atoms with Gasteiger partial charge in [0.05, 0.1) is 0 Å². The van der Waals surface area contributed by atoms with Gasteiger partial charge in [0.2, 0.25) is 0 Å². The molecule has 1 fully saturated rings. The Labute approximate surface area is 67.5 Å². The molecule has 0 aromatic heterocycles. The van der Waals surface area contributed by atoms with Crippen molar-refractivity contribution in [2.75, 3.05) is 0 Å². The van der Waals surface area contributed by atoms with Crippen LogP contribution in [0.25, 0.3) is 0 Å². The Balaban J connectivity index is 2.08. The molecule has 0 unspecified atom stereocenters. The Bertz CT molecular complexity index is 199. The maximum absolute atomic E-state index is 11.1. The molecule has 1 heteroatoms. The molecule has 0 spiro atoms. The predicted octanol–water partition coefficient (Wildman–Crippen LogP) is 2.47. The fraction of sp³-hybridized carbons (Fsp3) is 0.700. The Hall–Kier alpha value is -0.590. The van der Waals surface area contributed by atoms with Gasteiger partial charge in [0.1, 0.15) is 0 Å². The third kappa shape index (κ3) is 1.70. The van der Waals surface area contributed by atoms with Crippen LogP contribution < -0.4 is 0 Å². The lowest BCUT2D eigenvalue weighted by atomic mass is 10.1. The highest BCUT2D eigenvalue weighted by Gasteiger charge is 2.26. The number of rotatable bonds is 1. The normalized spacial score (nSPS) is 26.2. The number of allylic oxidation sites excluding steroid dienone is 2. The molecular formula is C10H14O. The van der Waals surface area contributed by atoms with Crippen molar-refractivity contribution in [3.63, 3.8) is 0 Å². The number of carbonyl (C=O) groups excluding carboxylic acids is 1. The zero-order valence-corrected chi connectivity index (χ0v) is 6.81. The van der Waals surface area contributed by atoms with Gasteiger partial charge in [0.25, 0.3) is 0 Å². The van der Waals surface area contributed by atoms with Crippen LogP contribution in [0.1, 0.15) is 38.5 Å². The molecule has 0 N–H and O–H groups in total. The molecule has 11 heavy (non-hydrogen) atoms. The molecular weight excluding hydrogens is 136 g/mol. The number of ketones is 1. The van der Waals surface area contributed by atoms with Crippen LogP contribution >= 0.6 is 0 Å². The van der Waals surface area contributed by atoms with Gasteiger partial charge in [-0.05, 0) is 44.1 Å². The van der Waals surface area contributed by atoms with Crippen molar-refractivity contribution < 1.29 is 4.79 Å². The molecule has 2 aliphatic rings. The van der Waals surface area contributed by atoms with Gasteiger partial charge in [-0.15, -0.1) is 0 Å². The lowest BCUT2D eigenvalue weighted by Crippen LogP contribution is -1.91. The zero-order valence-electron chi connectivity index (χ0n) is 6.81. The minimum Gasteiger partial charge on any atom is -0.295 e. The summed E-state index contributed by atoms with van der Waals surface area (Å²) in [5.41, 5.74) is 1.45. The summed E-state index contributed by atoms with van der Waals surface area (Å²) in [4.78, 5) is 11.1. The number of hydrogen-bond acceptors (Lipinski definition) is 1. The summed E-state index contributed by atoms with van der Waals surface area (Å²) in [6, 6.07) is 0. The van der Waals surface area contributed by atoms with Crippen molar-refractivity contribution in [2.24, 2.45) is 5.92 Å². The topological polar surface area (TPSA) is 17.1 Å². The molecule has 60 valence electrons. The molecule has 0 heterocycles. The van der Waals surface area contributed by atoms with Gasteiger partial charge in [-0.25, -0.2) is 0 Å². The van der Waals surface area contributed by atoms with Gasteiger partial charge in [-0.1, -0.05) is 5.57 Å². The fourth-order valence-corrected chi connectivity index (χ4v) is 1.76. The number of hydrogen-bond donors (Lipinski definition) is 0. The average Bonchev–Trinajstić information content (AvgIpc) is 2.71. The Morgan fingerprint density at radius 1 is 1.18 bits per heavy atom. The van der Waals surface area contributed by atoms with E-state index in [2.05, 4.69) is 0 Å². The van der Waals surface area contributed by atoms with E-state index >= 15 is 0 Å². The summed E-state index contributed by atoms with van der Waals surface area (Å²) in [6.45, 7) is 0. The lowest BCUT2D eigenvalue weighted by Gasteiger charge is -1.99.